The summed E-state index contributed by atoms with van der Waals surface area (Å²) in [5.74, 6) is 0.259. The highest BCUT2D eigenvalue weighted by Gasteiger charge is 2.24. The molecule has 0 radical (unpaired) electrons. The lowest BCUT2D eigenvalue weighted by Crippen LogP contribution is -2.41. The molecule has 2 atom stereocenters. The highest BCUT2D eigenvalue weighted by atomic mass is 16.6. The van der Waals surface area contributed by atoms with Crippen LogP contribution in [0, 0.1) is 5.92 Å². The van der Waals surface area contributed by atoms with E-state index in [0.29, 0.717) is 25.4 Å². The number of ether oxygens (including phenoxy) is 2. The van der Waals surface area contributed by atoms with Gasteiger partial charge in [-0.15, -0.1) is 0 Å². The van der Waals surface area contributed by atoms with E-state index in [4.69, 9.17) is 9.47 Å². The highest BCUT2D eigenvalue weighted by molar-refractivity contribution is 5.78. The average Bonchev–Trinajstić information content (AvgIpc) is 2.84. The lowest BCUT2D eigenvalue weighted by molar-refractivity contribution is -0.146. The summed E-state index contributed by atoms with van der Waals surface area (Å²) in [6, 6.07) is 5.87. The first-order valence-electron chi connectivity index (χ1n) is 13.6. The minimum absolute atomic E-state index is 0.232. The number of nitrogens with one attached hydrogen (secondary N) is 2. The van der Waals surface area contributed by atoms with E-state index >= 15 is 0 Å². The summed E-state index contributed by atoms with van der Waals surface area (Å²) in [6.07, 6.45) is 11.8. The molecule has 1 saturated carbocycles. The molecule has 2 amide bonds. The van der Waals surface area contributed by atoms with Gasteiger partial charge in [0, 0.05) is 12.5 Å². The molecule has 202 valence electrons. The molecule has 7 nitrogen and oxygen atoms in total. The number of fused-ring (bicyclic) bond motifs is 1. The number of esters is 1. The van der Waals surface area contributed by atoms with Crippen molar-refractivity contribution in [3.05, 3.63) is 34.9 Å². The predicted octanol–water partition coefficient (Wildman–Crippen LogP) is 5.27. The van der Waals surface area contributed by atoms with Crippen LogP contribution < -0.4 is 10.6 Å². The van der Waals surface area contributed by atoms with Crippen molar-refractivity contribution >= 4 is 18.5 Å². The number of carbonyl (C=O) groups excluding carboxylic acids is 3. The van der Waals surface area contributed by atoms with Crippen LogP contribution in [0.3, 0.4) is 0 Å². The van der Waals surface area contributed by atoms with Gasteiger partial charge in [-0.1, -0.05) is 37.5 Å². The van der Waals surface area contributed by atoms with Gasteiger partial charge in [-0.3, -0.25) is 4.79 Å². The molecular weight excluding hydrogens is 456 g/mol. The van der Waals surface area contributed by atoms with Crippen molar-refractivity contribution in [2.75, 3.05) is 6.61 Å². The number of hydrogen-bond donors (Lipinski definition) is 2. The minimum Gasteiger partial charge on any atom is -0.464 e. The Morgan fingerprint density at radius 1 is 1.08 bits per heavy atom. The largest absolute Gasteiger partial charge is 0.464 e. The second-order valence-corrected chi connectivity index (χ2v) is 10.9. The van der Waals surface area contributed by atoms with Crippen LogP contribution in [0.25, 0.3) is 0 Å². The summed E-state index contributed by atoms with van der Waals surface area (Å²) in [5, 5.41) is 5.51. The molecule has 0 saturated heterocycles. The lowest BCUT2D eigenvalue weighted by Gasteiger charge is -2.29. The van der Waals surface area contributed by atoms with Gasteiger partial charge in [-0.05, 0) is 95.8 Å². The van der Waals surface area contributed by atoms with Crippen molar-refractivity contribution in [2.45, 2.75) is 117 Å². The molecular formula is C29H46N2O5. The maximum atomic E-state index is 11.9. The molecule has 0 aromatic heterocycles. The Bertz CT molecular complexity index is 843. The van der Waals surface area contributed by atoms with Gasteiger partial charge >= 0.3 is 12.1 Å². The zero-order valence-corrected chi connectivity index (χ0v) is 22.9. The lowest BCUT2D eigenvalue weighted by atomic mass is 9.85. The number of aryl methyl sites for hydroxylation is 1. The first-order chi connectivity index (χ1) is 17.1. The van der Waals surface area contributed by atoms with Gasteiger partial charge in [0.15, 0.2) is 0 Å². The monoisotopic (exact) mass is 502 g/mol. The molecule has 2 aliphatic rings. The topological polar surface area (TPSA) is 93.7 Å². The van der Waals surface area contributed by atoms with E-state index in [1.807, 2.05) is 32.9 Å². The first kappa shape index (κ1) is 29.7. The van der Waals surface area contributed by atoms with Gasteiger partial charge in [-0.2, -0.15) is 0 Å². The predicted molar refractivity (Wildman–Crippen MR) is 142 cm³/mol. The molecule has 1 unspecified atom stereocenters. The summed E-state index contributed by atoms with van der Waals surface area (Å²) in [5.41, 5.74) is 3.47. The molecule has 3 rings (SSSR count). The summed E-state index contributed by atoms with van der Waals surface area (Å²) in [6.45, 7) is 9.83. The standard InChI is InChI=1S/C16H21NO3.C13H25NO2/c1-2-20-16(19)15(17-11-18)10-13-8-5-7-12-6-3-4-9-14(12)13;1-10(11-8-6-5-7-9-11)14-12(15)16-13(2,3)4/h5,7-8,11,15H,2-4,6,9-10H2,1H3,(H,17,18);10-11H,5-9H2,1-4H3,(H,14,15)/t15-;/m0./s1. The van der Waals surface area contributed by atoms with Crippen LogP contribution in [0.15, 0.2) is 18.2 Å². The number of rotatable bonds is 8. The zero-order chi connectivity index (χ0) is 26.6. The van der Waals surface area contributed by atoms with Crippen molar-refractivity contribution in [1.29, 1.82) is 0 Å². The SMILES string of the molecule is CC(NC(=O)OC(C)(C)C)C1CCCCC1.CCOC(=O)[C@H](Cc1cccc2c1CCCC2)NC=O. The van der Waals surface area contributed by atoms with Gasteiger partial charge in [0.2, 0.25) is 6.41 Å². The van der Waals surface area contributed by atoms with E-state index in [1.54, 1.807) is 6.92 Å². The maximum absolute atomic E-state index is 11.9. The van der Waals surface area contributed by atoms with Gasteiger partial charge < -0.3 is 20.1 Å². The molecule has 1 aromatic rings. The maximum Gasteiger partial charge on any atom is 0.407 e. The molecule has 0 spiro atoms. The second-order valence-electron chi connectivity index (χ2n) is 10.9. The number of hydrogen-bond acceptors (Lipinski definition) is 5. The Labute approximate surface area is 217 Å². The van der Waals surface area contributed by atoms with E-state index in [2.05, 4.69) is 23.6 Å². The van der Waals surface area contributed by atoms with Crippen molar-refractivity contribution in [3.63, 3.8) is 0 Å². The third kappa shape index (κ3) is 10.2. The van der Waals surface area contributed by atoms with Crippen LogP contribution in [0.1, 0.15) is 96.3 Å². The van der Waals surface area contributed by atoms with Gasteiger partial charge in [-0.25, -0.2) is 9.59 Å². The number of carbonyl (C=O) groups is 3. The average molecular weight is 503 g/mol. The van der Waals surface area contributed by atoms with E-state index in [9.17, 15) is 14.4 Å². The third-order valence-corrected chi connectivity index (χ3v) is 6.86. The Morgan fingerprint density at radius 3 is 2.42 bits per heavy atom. The molecule has 7 heteroatoms. The van der Waals surface area contributed by atoms with Crippen molar-refractivity contribution in [2.24, 2.45) is 5.92 Å². The molecule has 2 aliphatic carbocycles. The van der Waals surface area contributed by atoms with E-state index in [0.717, 1.165) is 18.4 Å². The fraction of sp³-hybridized carbons (Fsp3) is 0.690. The van der Waals surface area contributed by atoms with Crippen molar-refractivity contribution in [1.82, 2.24) is 10.6 Å². The molecule has 0 bridgehead atoms. The number of amides is 2. The van der Waals surface area contributed by atoms with E-state index in [-0.39, 0.29) is 18.1 Å². The summed E-state index contributed by atoms with van der Waals surface area (Å²) in [4.78, 5) is 34.1. The van der Waals surface area contributed by atoms with Crippen LogP contribution >= 0.6 is 0 Å². The summed E-state index contributed by atoms with van der Waals surface area (Å²) >= 11 is 0. The smallest absolute Gasteiger partial charge is 0.407 e. The molecule has 36 heavy (non-hydrogen) atoms. The van der Waals surface area contributed by atoms with E-state index < -0.39 is 11.6 Å². The molecule has 1 aromatic carbocycles. The highest BCUT2D eigenvalue weighted by Crippen LogP contribution is 2.27. The van der Waals surface area contributed by atoms with Crippen LogP contribution in [0.2, 0.25) is 0 Å². The Morgan fingerprint density at radius 2 is 1.78 bits per heavy atom. The van der Waals surface area contributed by atoms with Crippen LogP contribution in [-0.4, -0.2) is 42.8 Å². The van der Waals surface area contributed by atoms with E-state index in [1.165, 1.54) is 56.1 Å². The van der Waals surface area contributed by atoms with Crippen molar-refractivity contribution in [3.8, 4) is 0 Å². The second kappa shape index (κ2) is 14.9. The number of alkyl carbamates (subject to hydrolysis) is 1. The zero-order valence-electron chi connectivity index (χ0n) is 22.9. The molecule has 1 fully saturated rings. The molecule has 2 N–H and O–H groups in total. The molecule has 0 heterocycles. The first-order valence-corrected chi connectivity index (χ1v) is 13.6. The fourth-order valence-electron chi connectivity index (χ4n) is 5.05. The normalized spacial score (nSPS) is 17.4. The van der Waals surface area contributed by atoms with Gasteiger partial charge in [0.05, 0.1) is 6.61 Å². The Kier molecular flexibility index (Phi) is 12.2. The minimum atomic E-state index is -0.596. The summed E-state index contributed by atoms with van der Waals surface area (Å²) < 4.78 is 10.3. The quantitative estimate of drug-likeness (QED) is 0.373. The Balaban J connectivity index is 0.000000261. The van der Waals surface area contributed by atoms with Gasteiger partial charge in [0.1, 0.15) is 11.6 Å². The third-order valence-electron chi connectivity index (χ3n) is 6.86. The number of benzene rings is 1. The van der Waals surface area contributed by atoms with Gasteiger partial charge in [0.25, 0.3) is 0 Å². The van der Waals surface area contributed by atoms with Crippen LogP contribution in [0.4, 0.5) is 4.79 Å². The van der Waals surface area contributed by atoms with Crippen LogP contribution in [0.5, 0.6) is 0 Å². The summed E-state index contributed by atoms with van der Waals surface area (Å²) in [7, 11) is 0. The van der Waals surface area contributed by atoms with Crippen LogP contribution in [-0.2, 0) is 38.3 Å². The Hall–Kier alpha value is -2.57. The molecule has 0 aliphatic heterocycles. The fourth-order valence-corrected chi connectivity index (χ4v) is 5.05. The van der Waals surface area contributed by atoms with Crippen molar-refractivity contribution < 1.29 is 23.9 Å².